The Balaban J connectivity index is 1.81. The molecule has 2 saturated heterocycles. The fourth-order valence-corrected chi connectivity index (χ4v) is 3.94. The predicted octanol–water partition coefficient (Wildman–Crippen LogP) is 2.52. The zero-order valence-electron chi connectivity index (χ0n) is 10.3. The summed E-state index contributed by atoms with van der Waals surface area (Å²) in [5.74, 6) is 0. The topological polar surface area (TPSA) is 49.5 Å². The molecule has 3 rings (SSSR count). The van der Waals surface area contributed by atoms with E-state index >= 15 is 0 Å². The van der Waals surface area contributed by atoms with Gasteiger partial charge in [-0.3, -0.25) is 4.90 Å². The molecule has 2 aliphatic heterocycles. The van der Waals surface area contributed by atoms with Crippen LogP contribution in [0.1, 0.15) is 31.2 Å². The second-order valence-electron chi connectivity index (χ2n) is 5.49. The molecule has 2 fully saturated rings. The number of benzene rings is 1. The van der Waals surface area contributed by atoms with Crippen LogP contribution < -0.4 is 5.73 Å². The minimum Gasteiger partial charge on any atom is -0.398 e. The van der Waals surface area contributed by atoms with E-state index in [-0.39, 0.29) is 6.10 Å². The maximum atomic E-state index is 9.82. The first-order chi connectivity index (χ1) is 8.65. The van der Waals surface area contributed by atoms with Crippen LogP contribution in [0, 0.1) is 0 Å². The highest BCUT2D eigenvalue weighted by molar-refractivity contribution is 9.10. The second kappa shape index (κ2) is 4.83. The SMILES string of the molecule is Nc1cccc(Br)c1CN1C2CCC1CC(O)C2. The first-order valence-corrected chi connectivity index (χ1v) is 7.41. The van der Waals surface area contributed by atoms with Gasteiger partial charge >= 0.3 is 0 Å². The molecule has 0 amide bonds. The van der Waals surface area contributed by atoms with Crippen LogP contribution in [0.3, 0.4) is 0 Å². The van der Waals surface area contributed by atoms with Gasteiger partial charge in [-0.25, -0.2) is 0 Å². The molecular formula is C14H19BrN2O. The van der Waals surface area contributed by atoms with Gasteiger partial charge < -0.3 is 10.8 Å². The first-order valence-electron chi connectivity index (χ1n) is 6.62. The van der Waals surface area contributed by atoms with Crippen LogP contribution in [0.15, 0.2) is 22.7 Å². The summed E-state index contributed by atoms with van der Waals surface area (Å²) in [5.41, 5.74) is 8.11. The number of piperidine rings is 1. The summed E-state index contributed by atoms with van der Waals surface area (Å²) >= 11 is 3.59. The van der Waals surface area contributed by atoms with E-state index in [1.807, 2.05) is 18.2 Å². The number of rotatable bonds is 2. The van der Waals surface area contributed by atoms with Gasteiger partial charge in [0.2, 0.25) is 0 Å². The van der Waals surface area contributed by atoms with E-state index in [4.69, 9.17) is 5.73 Å². The molecule has 2 atom stereocenters. The number of aliphatic hydroxyl groups excluding tert-OH is 1. The smallest absolute Gasteiger partial charge is 0.0570 e. The van der Waals surface area contributed by atoms with Crippen molar-refractivity contribution < 1.29 is 5.11 Å². The Kier molecular flexibility index (Phi) is 3.34. The molecular weight excluding hydrogens is 292 g/mol. The number of anilines is 1. The van der Waals surface area contributed by atoms with Gasteiger partial charge in [0.15, 0.2) is 0 Å². The minimum absolute atomic E-state index is 0.102. The number of halogens is 1. The van der Waals surface area contributed by atoms with Crippen molar-refractivity contribution in [2.24, 2.45) is 0 Å². The van der Waals surface area contributed by atoms with Crippen molar-refractivity contribution in [1.29, 1.82) is 0 Å². The summed E-state index contributed by atoms with van der Waals surface area (Å²) < 4.78 is 1.09. The lowest BCUT2D eigenvalue weighted by Gasteiger charge is -2.37. The number of aliphatic hydroxyl groups is 1. The molecule has 2 bridgehead atoms. The Bertz CT molecular complexity index is 417. The summed E-state index contributed by atoms with van der Waals surface area (Å²) in [6, 6.07) is 7.04. The first kappa shape index (κ1) is 12.5. The monoisotopic (exact) mass is 310 g/mol. The van der Waals surface area contributed by atoms with Crippen LogP contribution in [0.2, 0.25) is 0 Å². The number of fused-ring (bicyclic) bond motifs is 2. The summed E-state index contributed by atoms with van der Waals surface area (Å²) in [6.07, 6.45) is 4.16. The number of hydrogen-bond acceptors (Lipinski definition) is 3. The van der Waals surface area contributed by atoms with Crippen LogP contribution in [0.4, 0.5) is 5.69 Å². The zero-order chi connectivity index (χ0) is 12.7. The molecule has 2 heterocycles. The number of nitrogens with two attached hydrogens (primary N) is 1. The standard InChI is InChI=1S/C14H19BrN2O/c15-13-2-1-3-14(16)12(13)8-17-9-4-5-10(17)7-11(18)6-9/h1-3,9-11,18H,4-8,16H2. The van der Waals surface area contributed by atoms with Gasteiger partial charge in [-0.2, -0.15) is 0 Å². The average molecular weight is 311 g/mol. The van der Waals surface area contributed by atoms with Crippen molar-refractivity contribution in [3.8, 4) is 0 Å². The molecule has 0 radical (unpaired) electrons. The second-order valence-corrected chi connectivity index (χ2v) is 6.34. The summed E-state index contributed by atoms with van der Waals surface area (Å²) in [7, 11) is 0. The van der Waals surface area contributed by atoms with Crippen molar-refractivity contribution >= 4 is 21.6 Å². The molecule has 18 heavy (non-hydrogen) atoms. The number of nitrogen functional groups attached to an aromatic ring is 1. The molecule has 0 spiro atoms. The molecule has 3 nitrogen and oxygen atoms in total. The van der Waals surface area contributed by atoms with Crippen LogP contribution in [-0.4, -0.2) is 28.2 Å². The normalized spacial score (nSPS) is 31.8. The molecule has 0 aromatic heterocycles. The Hall–Kier alpha value is -0.580. The molecule has 3 N–H and O–H groups in total. The van der Waals surface area contributed by atoms with Gasteiger partial charge in [0.25, 0.3) is 0 Å². The quantitative estimate of drug-likeness (QED) is 0.825. The maximum absolute atomic E-state index is 9.82. The molecule has 2 aliphatic rings. The van der Waals surface area contributed by atoms with E-state index in [1.54, 1.807) is 0 Å². The van der Waals surface area contributed by atoms with E-state index in [9.17, 15) is 5.11 Å². The summed E-state index contributed by atoms with van der Waals surface area (Å²) in [6.45, 7) is 0.898. The number of nitrogens with zero attached hydrogens (tertiary/aromatic N) is 1. The van der Waals surface area contributed by atoms with Crippen LogP contribution in [0.5, 0.6) is 0 Å². The Labute approximate surface area is 116 Å². The van der Waals surface area contributed by atoms with E-state index in [0.29, 0.717) is 12.1 Å². The fourth-order valence-electron chi connectivity index (χ4n) is 3.43. The molecule has 4 heteroatoms. The van der Waals surface area contributed by atoms with Crippen LogP contribution in [-0.2, 0) is 6.54 Å². The molecule has 0 saturated carbocycles. The summed E-state index contributed by atoms with van der Waals surface area (Å²) in [4.78, 5) is 2.53. The van der Waals surface area contributed by atoms with Gasteiger partial charge in [-0.1, -0.05) is 22.0 Å². The highest BCUT2D eigenvalue weighted by atomic mass is 79.9. The molecule has 1 aromatic rings. The fraction of sp³-hybridized carbons (Fsp3) is 0.571. The minimum atomic E-state index is -0.102. The van der Waals surface area contributed by atoms with E-state index < -0.39 is 0 Å². The van der Waals surface area contributed by atoms with Gasteiger partial charge in [0.1, 0.15) is 0 Å². The molecule has 1 aromatic carbocycles. The highest BCUT2D eigenvalue weighted by Crippen LogP contribution is 2.38. The van der Waals surface area contributed by atoms with Crippen molar-refractivity contribution in [2.75, 3.05) is 5.73 Å². The van der Waals surface area contributed by atoms with Crippen LogP contribution >= 0.6 is 15.9 Å². The third-order valence-electron chi connectivity index (χ3n) is 4.36. The summed E-state index contributed by atoms with van der Waals surface area (Å²) in [5, 5.41) is 9.82. The van der Waals surface area contributed by atoms with Crippen molar-refractivity contribution in [3.05, 3.63) is 28.2 Å². The maximum Gasteiger partial charge on any atom is 0.0570 e. The Morgan fingerprint density at radius 2 is 1.94 bits per heavy atom. The lowest BCUT2D eigenvalue weighted by Crippen LogP contribution is -2.44. The van der Waals surface area contributed by atoms with Gasteiger partial charge in [-0.15, -0.1) is 0 Å². The average Bonchev–Trinajstić information content (AvgIpc) is 2.56. The Morgan fingerprint density at radius 1 is 1.28 bits per heavy atom. The predicted molar refractivity (Wildman–Crippen MR) is 76.1 cm³/mol. The lowest BCUT2D eigenvalue weighted by molar-refractivity contribution is 0.0310. The lowest BCUT2D eigenvalue weighted by atomic mass is 9.99. The van der Waals surface area contributed by atoms with Gasteiger partial charge in [0, 0.05) is 34.4 Å². The number of hydrogen-bond donors (Lipinski definition) is 2. The molecule has 2 unspecified atom stereocenters. The van der Waals surface area contributed by atoms with Gasteiger partial charge in [0.05, 0.1) is 6.10 Å². The van der Waals surface area contributed by atoms with E-state index in [0.717, 1.165) is 29.5 Å². The van der Waals surface area contributed by atoms with E-state index in [1.165, 1.54) is 18.4 Å². The highest BCUT2D eigenvalue weighted by Gasteiger charge is 2.40. The zero-order valence-corrected chi connectivity index (χ0v) is 11.9. The van der Waals surface area contributed by atoms with Crippen LogP contribution in [0.25, 0.3) is 0 Å². The van der Waals surface area contributed by atoms with E-state index in [2.05, 4.69) is 20.8 Å². The van der Waals surface area contributed by atoms with Crippen molar-refractivity contribution in [1.82, 2.24) is 4.90 Å². The van der Waals surface area contributed by atoms with Crippen molar-refractivity contribution in [3.63, 3.8) is 0 Å². The van der Waals surface area contributed by atoms with Crippen molar-refractivity contribution in [2.45, 2.75) is 50.4 Å². The third kappa shape index (κ3) is 2.17. The molecule has 0 aliphatic carbocycles. The van der Waals surface area contributed by atoms with Gasteiger partial charge in [-0.05, 0) is 37.8 Å². The largest absolute Gasteiger partial charge is 0.398 e. The third-order valence-corrected chi connectivity index (χ3v) is 5.10. The Morgan fingerprint density at radius 3 is 2.56 bits per heavy atom. The molecule has 98 valence electrons.